The number of hydrogen-bond donors (Lipinski definition) is 0. The van der Waals surface area contributed by atoms with Crippen molar-refractivity contribution < 1.29 is 12.6 Å². The van der Waals surface area contributed by atoms with Gasteiger partial charge in [0.25, 0.3) is 10.0 Å². The van der Waals surface area contributed by atoms with E-state index in [1.54, 1.807) is 12.1 Å². The smallest absolute Gasteiger partial charge is 0.264 e. The molecular formula is C20H24Cl3NO3S2. The van der Waals surface area contributed by atoms with Gasteiger partial charge in [-0.1, -0.05) is 48.7 Å². The van der Waals surface area contributed by atoms with Crippen molar-refractivity contribution in [3.05, 3.63) is 57.5 Å². The molecule has 0 fully saturated rings. The highest BCUT2D eigenvalue weighted by Gasteiger charge is 2.26. The minimum absolute atomic E-state index is 0.112. The monoisotopic (exact) mass is 495 g/mol. The molecule has 1 unspecified atom stereocenters. The first-order chi connectivity index (χ1) is 13.6. The first-order valence-corrected chi connectivity index (χ1v) is 13.3. The zero-order valence-electron chi connectivity index (χ0n) is 16.3. The van der Waals surface area contributed by atoms with Crippen LogP contribution in [0.5, 0.6) is 0 Å². The van der Waals surface area contributed by atoms with Gasteiger partial charge in [-0.05, 0) is 61.2 Å². The Hall–Kier alpha value is -0.790. The lowest BCUT2D eigenvalue weighted by Crippen LogP contribution is -2.32. The molecule has 0 aliphatic rings. The summed E-state index contributed by atoms with van der Waals surface area (Å²) in [6.07, 6.45) is 1.18. The van der Waals surface area contributed by atoms with Crippen LogP contribution in [0.2, 0.25) is 15.1 Å². The first-order valence-electron chi connectivity index (χ1n) is 9.19. The molecule has 29 heavy (non-hydrogen) atoms. The number of rotatable bonds is 10. The van der Waals surface area contributed by atoms with Crippen LogP contribution in [0, 0.1) is 5.92 Å². The Morgan fingerprint density at radius 1 is 0.966 bits per heavy atom. The second-order valence-electron chi connectivity index (χ2n) is 7.04. The van der Waals surface area contributed by atoms with Crippen LogP contribution in [0.1, 0.15) is 26.7 Å². The van der Waals surface area contributed by atoms with Gasteiger partial charge in [-0.25, -0.2) is 8.42 Å². The van der Waals surface area contributed by atoms with E-state index in [9.17, 15) is 12.6 Å². The minimum atomic E-state index is -3.87. The number of nitrogens with zero attached hydrogens (tertiary/aromatic N) is 1. The van der Waals surface area contributed by atoms with E-state index in [0.717, 1.165) is 0 Å². The summed E-state index contributed by atoms with van der Waals surface area (Å²) in [4.78, 5) is 0.112. The first kappa shape index (κ1) is 24.5. The summed E-state index contributed by atoms with van der Waals surface area (Å²) in [6.45, 7) is 4.25. The Morgan fingerprint density at radius 2 is 1.59 bits per heavy atom. The molecule has 1 atom stereocenters. The van der Waals surface area contributed by atoms with Crippen molar-refractivity contribution in [2.24, 2.45) is 5.92 Å². The zero-order valence-corrected chi connectivity index (χ0v) is 20.2. The van der Waals surface area contributed by atoms with Crippen LogP contribution in [-0.4, -0.2) is 30.7 Å². The van der Waals surface area contributed by atoms with Crippen LogP contribution < -0.4 is 4.31 Å². The van der Waals surface area contributed by atoms with E-state index >= 15 is 0 Å². The summed E-state index contributed by atoms with van der Waals surface area (Å²) in [5, 5.41) is 1.12. The quantitative estimate of drug-likeness (QED) is 0.377. The molecule has 0 aromatic heterocycles. The van der Waals surface area contributed by atoms with Crippen molar-refractivity contribution in [1.29, 1.82) is 0 Å². The van der Waals surface area contributed by atoms with Gasteiger partial charge in [0, 0.05) is 38.9 Å². The Kier molecular flexibility index (Phi) is 9.29. The molecule has 2 rings (SSSR count). The van der Waals surface area contributed by atoms with E-state index in [1.165, 1.54) is 34.6 Å². The molecule has 0 N–H and O–H groups in total. The normalized spacial score (nSPS) is 12.9. The molecule has 0 radical (unpaired) electrons. The molecule has 2 aromatic rings. The molecule has 0 bridgehead atoms. The lowest BCUT2D eigenvalue weighted by molar-refractivity contribution is 0.588. The van der Waals surface area contributed by atoms with Gasteiger partial charge in [-0.3, -0.25) is 8.51 Å². The predicted molar refractivity (Wildman–Crippen MR) is 124 cm³/mol. The second kappa shape index (κ2) is 11.0. The van der Waals surface area contributed by atoms with Crippen molar-refractivity contribution >= 4 is 61.3 Å². The summed E-state index contributed by atoms with van der Waals surface area (Å²) in [5.74, 6) is 1.55. The topological polar surface area (TPSA) is 54.5 Å². The third kappa shape index (κ3) is 7.14. The maximum atomic E-state index is 13.3. The summed E-state index contributed by atoms with van der Waals surface area (Å²) in [6, 6.07) is 10.7. The van der Waals surface area contributed by atoms with Crippen molar-refractivity contribution in [3.8, 4) is 0 Å². The number of sulfonamides is 1. The molecule has 0 saturated carbocycles. The van der Waals surface area contributed by atoms with E-state index in [4.69, 9.17) is 34.8 Å². The largest absolute Gasteiger partial charge is 0.265 e. The molecule has 0 aliphatic carbocycles. The molecule has 0 amide bonds. The minimum Gasteiger partial charge on any atom is -0.265 e. The van der Waals surface area contributed by atoms with E-state index in [1.807, 2.05) is 13.8 Å². The highest BCUT2D eigenvalue weighted by molar-refractivity contribution is 7.92. The van der Waals surface area contributed by atoms with E-state index in [0.29, 0.717) is 46.0 Å². The van der Waals surface area contributed by atoms with Crippen LogP contribution in [0.4, 0.5) is 5.69 Å². The van der Waals surface area contributed by atoms with Gasteiger partial charge in [0.05, 0.1) is 15.6 Å². The summed E-state index contributed by atoms with van der Waals surface area (Å²) < 4.78 is 39.9. The maximum absolute atomic E-state index is 13.3. The highest BCUT2D eigenvalue weighted by Crippen LogP contribution is 2.33. The van der Waals surface area contributed by atoms with Gasteiger partial charge in [0.1, 0.15) is 0 Å². The van der Waals surface area contributed by atoms with Crippen LogP contribution >= 0.6 is 34.8 Å². The molecule has 4 nitrogen and oxygen atoms in total. The molecule has 0 aliphatic heterocycles. The molecule has 0 spiro atoms. The van der Waals surface area contributed by atoms with Crippen molar-refractivity contribution in [1.82, 2.24) is 0 Å². The standard InChI is InChI=1S/C20H24Cl3NO3S2/c1-15(2)14-28(25)12-4-3-11-24(20-13-17(22)7-10-19(20)23)29(26,27)18-8-5-16(21)6-9-18/h5-10,13,15H,3-4,11-12,14H2,1-2H3. The zero-order chi connectivity index (χ0) is 21.6. The lowest BCUT2D eigenvalue weighted by Gasteiger charge is -2.25. The van der Waals surface area contributed by atoms with Crippen molar-refractivity contribution in [2.75, 3.05) is 22.4 Å². The van der Waals surface area contributed by atoms with E-state index in [-0.39, 0.29) is 16.5 Å². The Bertz CT molecular complexity index is 948. The maximum Gasteiger partial charge on any atom is 0.264 e. The predicted octanol–water partition coefficient (Wildman–Crippen LogP) is 6.03. The van der Waals surface area contributed by atoms with Gasteiger partial charge < -0.3 is 0 Å². The number of benzene rings is 2. The number of unbranched alkanes of at least 4 members (excludes halogenated alkanes) is 1. The second-order valence-corrected chi connectivity index (χ2v) is 11.8. The number of anilines is 1. The molecule has 160 valence electrons. The molecule has 2 aromatic carbocycles. The third-order valence-corrected chi connectivity index (χ3v) is 8.50. The van der Waals surface area contributed by atoms with E-state index in [2.05, 4.69) is 0 Å². The fourth-order valence-electron chi connectivity index (χ4n) is 2.75. The van der Waals surface area contributed by atoms with Gasteiger partial charge in [0.15, 0.2) is 0 Å². The fraction of sp³-hybridized carbons (Fsp3) is 0.400. The molecule has 0 saturated heterocycles. The van der Waals surface area contributed by atoms with Crippen LogP contribution in [0.25, 0.3) is 0 Å². The SMILES string of the molecule is CC(C)CS(=O)CCCCN(c1cc(Cl)ccc1Cl)S(=O)(=O)c1ccc(Cl)cc1. The molecule has 9 heteroatoms. The Morgan fingerprint density at radius 3 is 2.21 bits per heavy atom. The van der Waals surface area contributed by atoms with Crippen LogP contribution in [0.3, 0.4) is 0 Å². The Labute approximate surface area is 190 Å². The fourth-order valence-corrected chi connectivity index (χ4v) is 6.27. The van der Waals surface area contributed by atoms with Gasteiger partial charge in [0.2, 0.25) is 0 Å². The summed E-state index contributed by atoms with van der Waals surface area (Å²) >= 11 is 18.3. The highest BCUT2D eigenvalue weighted by atomic mass is 35.5. The summed E-state index contributed by atoms with van der Waals surface area (Å²) in [7, 11) is -4.78. The number of halogens is 3. The third-order valence-electron chi connectivity index (χ3n) is 4.08. The lowest BCUT2D eigenvalue weighted by atomic mass is 10.3. The van der Waals surface area contributed by atoms with Crippen molar-refractivity contribution in [3.63, 3.8) is 0 Å². The summed E-state index contributed by atoms with van der Waals surface area (Å²) in [5.41, 5.74) is 0.317. The van der Waals surface area contributed by atoms with E-state index < -0.39 is 20.8 Å². The molecule has 0 heterocycles. The van der Waals surface area contributed by atoms with Crippen LogP contribution in [0.15, 0.2) is 47.4 Å². The van der Waals surface area contributed by atoms with Crippen LogP contribution in [-0.2, 0) is 20.8 Å². The molecular weight excluding hydrogens is 473 g/mol. The average molecular weight is 497 g/mol. The van der Waals surface area contributed by atoms with Gasteiger partial charge in [-0.15, -0.1) is 0 Å². The van der Waals surface area contributed by atoms with Gasteiger partial charge >= 0.3 is 0 Å². The van der Waals surface area contributed by atoms with Gasteiger partial charge in [-0.2, -0.15) is 0 Å². The average Bonchev–Trinajstić information content (AvgIpc) is 2.63. The Balaban J connectivity index is 2.26. The van der Waals surface area contributed by atoms with Crippen molar-refractivity contribution in [2.45, 2.75) is 31.6 Å². The number of hydrogen-bond acceptors (Lipinski definition) is 3.